The van der Waals surface area contributed by atoms with Crippen molar-refractivity contribution in [3.05, 3.63) is 21.9 Å². The Bertz CT molecular complexity index is 392. The minimum absolute atomic E-state index is 0. The Morgan fingerprint density at radius 1 is 0.958 bits per heavy atom. The second-order valence-electron chi connectivity index (χ2n) is 6.74. The van der Waals surface area contributed by atoms with E-state index in [0.717, 1.165) is 5.92 Å². The number of thiophene rings is 1. The molecule has 0 aliphatic carbocycles. The number of unbranched alkanes of at least 4 members (excludes halogenated alkanes) is 5. The smallest absolute Gasteiger partial charge is 0.00509 e. The minimum atomic E-state index is 0. The number of aryl methyl sites for hydroxylation is 1. The lowest BCUT2D eigenvalue weighted by Gasteiger charge is -2.21. The van der Waals surface area contributed by atoms with Crippen molar-refractivity contribution in [2.75, 3.05) is 26.7 Å². The van der Waals surface area contributed by atoms with Crippen LogP contribution in [0.3, 0.4) is 0 Å². The third-order valence-corrected chi connectivity index (χ3v) is 5.93. The van der Waals surface area contributed by atoms with Gasteiger partial charge in [0.2, 0.25) is 0 Å². The van der Waals surface area contributed by atoms with Crippen LogP contribution in [0.4, 0.5) is 0 Å². The van der Waals surface area contributed by atoms with Crippen LogP contribution in [-0.2, 0) is 12.8 Å². The third-order valence-electron chi connectivity index (χ3n) is 4.77. The molecule has 1 saturated heterocycles. The molecule has 0 amide bonds. The molecule has 0 radical (unpaired) electrons. The summed E-state index contributed by atoms with van der Waals surface area (Å²) in [5, 5.41) is 6.68. The molecule has 0 saturated carbocycles. The van der Waals surface area contributed by atoms with Crippen LogP contribution in [0.1, 0.15) is 61.1 Å². The van der Waals surface area contributed by atoms with E-state index in [1.165, 1.54) is 83.8 Å². The van der Waals surface area contributed by atoms with Crippen molar-refractivity contribution >= 4 is 36.2 Å². The minimum Gasteiger partial charge on any atom is -0.320 e. The Labute approximate surface area is 165 Å². The number of rotatable bonds is 11. The summed E-state index contributed by atoms with van der Waals surface area (Å²) in [6.07, 6.45) is 13.7. The average molecular weight is 395 g/mol. The van der Waals surface area contributed by atoms with Gasteiger partial charge in [0.25, 0.3) is 0 Å². The van der Waals surface area contributed by atoms with Gasteiger partial charge in [0.15, 0.2) is 0 Å². The Morgan fingerprint density at radius 3 is 2.29 bits per heavy atom. The second-order valence-corrected chi connectivity index (χ2v) is 7.99. The molecule has 0 unspecified atom stereocenters. The maximum Gasteiger partial charge on any atom is 0.00509 e. The third kappa shape index (κ3) is 10.2. The van der Waals surface area contributed by atoms with Crippen molar-refractivity contribution in [3.8, 4) is 0 Å². The molecule has 2 rings (SSSR count). The predicted octanol–water partition coefficient (Wildman–Crippen LogP) is 5.24. The number of hydrogen-bond donors (Lipinski definition) is 2. The van der Waals surface area contributed by atoms with Crippen molar-refractivity contribution in [1.29, 1.82) is 0 Å². The molecule has 24 heavy (non-hydrogen) atoms. The van der Waals surface area contributed by atoms with Crippen molar-refractivity contribution in [2.24, 2.45) is 5.92 Å². The molecular formula is C19H36Cl2N2S. The van der Waals surface area contributed by atoms with E-state index in [2.05, 4.69) is 34.1 Å². The van der Waals surface area contributed by atoms with Gasteiger partial charge < -0.3 is 10.6 Å². The lowest BCUT2D eigenvalue weighted by Crippen LogP contribution is -2.28. The van der Waals surface area contributed by atoms with Crippen LogP contribution >= 0.6 is 36.2 Å². The van der Waals surface area contributed by atoms with Crippen LogP contribution in [0.15, 0.2) is 12.1 Å². The van der Waals surface area contributed by atoms with Crippen molar-refractivity contribution < 1.29 is 0 Å². The van der Waals surface area contributed by atoms with E-state index in [1.54, 1.807) is 9.75 Å². The van der Waals surface area contributed by atoms with Crippen LogP contribution in [0, 0.1) is 5.92 Å². The van der Waals surface area contributed by atoms with Gasteiger partial charge in [-0.15, -0.1) is 36.2 Å². The molecule has 1 aliphatic rings. The first-order chi connectivity index (χ1) is 10.9. The number of piperidine rings is 1. The van der Waals surface area contributed by atoms with Crippen LogP contribution in [0.5, 0.6) is 0 Å². The largest absolute Gasteiger partial charge is 0.320 e. The molecule has 0 spiro atoms. The highest BCUT2D eigenvalue weighted by Gasteiger charge is 2.14. The second kappa shape index (κ2) is 15.5. The SMILES string of the molecule is CNCCCCCCCCc1ccc(CC2CCNCC2)s1.Cl.Cl. The number of nitrogens with one attached hydrogen (secondary N) is 2. The molecule has 0 aromatic carbocycles. The molecule has 1 aromatic rings. The van der Waals surface area contributed by atoms with Gasteiger partial charge in [-0.3, -0.25) is 0 Å². The highest BCUT2D eigenvalue weighted by molar-refractivity contribution is 7.11. The molecule has 5 heteroatoms. The first-order valence-electron chi connectivity index (χ1n) is 9.31. The Balaban J connectivity index is 0.00000264. The molecule has 1 aromatic heterocycles. The fraction of sp³-hybridized carbons (Fsp3) is 0.789. The average Bonchev–Trinajstić information content (AvgIpc) is 2.98. The summed E-state index contributed by atoms with van der Waals surface area (Å²) in [5.74, 6) is 0.922. The van der Waals surface area contributed by atoms with Crippen LogP contribution in [-0.4, -0.2) is 26.7 Å². The molecule has 2 N–H and O–H groups in total. The summed E-state index contributed by atoms with van der Waals surface area (Å²) in [5.41, 5.74) is 0. The Kier molecular flexibility index (Phi) is 15.6. The normalized spacial score (nSPS) is 14.9. The van der Waals surface area contributed by atoms with Gasteiger partial charge >= 0.3 is 0 Å². The van der Waals surface area contributed by atoms with Crippen molar-refractivity contribution in [1.82, 2.24) is 10.6 Å². The number of halogens is 2. The van der Waals surface area contributed by atoms with Crippen LogP contribution in [0.25, 0.3) is 0 Å². The Morgan fingerprint density at radius 2 is 1.58 bits per heavy atom. The van der Waals surface area contributed by atoms with E-state index in [4.69, 9.17) is 0 Å². The van der Waals surface area contributed by atoms with Gasteiger partial charge in [-0.05, 0) is 83.3 Å². The predicted molar refractivity (Wildman–Crippen MR) is 113 cm³/mol. The zero-order valence-corrected chi connectivity index (χ0v) is 17.6. The summed E-state index contributed by atoms with van der Waals surface area (Å²) >= 11 is 2.07. The highest BCUT2D eigenvalue weighted by Crippen LogP contribution is 2.25. The van der Waals surface area contributed by atoms with Gasteiger partial charge in [0.05, 0.1) is 0 Å². The molecule has 0 atom stereocenters. The topological polar surface area (TPSA) is 24.1 Å². The summed E-state index contributed by atoms with van der Waals surface area (Å²) in [6, 6.07) is 4.77. The fourth-order valence-corrected chi connectivity index (χ4v) is 4.52. The molecule has 0 bridgehead atoms. The maximum absolute atomic E-state index is 3.46. The fourth-order valence-electron chi connectivity index (χ4n) is 3.34. The lowest BCUT2D eigenvalue weighted by atomic mass is 9.94. The van der Waals surface area contributed by atoms with Crippen LogP contribution in [0.2, 0.25) is 0 Å². The molecular weight excluding hydrogens is 359 g/mol. The Hall–Kier alpha value is 0.200. The molecule has 142 valence electrons. The maximum atomic E-state index is 3.46. The van der Waals surface area contributed by atoms with Crippen molar-refractivity contribution in [3.63, 3.8) is 0 Å². The van der Waals surface area contributed by atoms with E-state index >= 15 is 0 Å². The monoisotopic (exact) mass is 394 g/mol. The molecule has 2 heterocycles. The van der Waals surface area contributed by atoms with E-state index in [0.29, 0.717) is 0 Å². The van der Waals surface area contributed by atoms with E-state index in [9.17, 15) is 0 Å². The standard InChI is InChI=1S/C19H34N2S.2ClH/c1-20-13-7-5-3-2-4-6-8-18-9-10-19(22-18)16-17-11-14-21-15-12-17;;/h9-10,17,20-21H,2-8,11-16H2,1H3;2*1H. The summed E-state index contributed by atoms with van der Waals surface area (Å²) in [4.78, 5) is 3.23. The highest BCUT2D eigenvalue weighted by atomic mass is 35.5. The van der Waals surface area contributed by atoms with Gasteiger partial charge in [0.1, 0.15) is 0 Å². The zero-order chi connectivity index (χ0) is 15.5. The van der Waals surface area contributed by atoms with Gasteiger partial charge in [0, 0.05) is 9.75 Å². The zero-order valence-electron chi connectivity index (χ0n) is 15.1. The number of hydrogen-bond acceptors (Lipinski definition) is 3. The van der Waals surface area contributed by atoms with Crippen LogP contribution < -0.4 is 10.6 Å². The first-order valence-corrected chi connectivity index (χ1v) is 10.1. The summed E-state index contributed by atoms with van der Waals surface area (Å²) in [6.45, 7) is 3.61. The molecule has 1 aliphatic heterocycles. The van der Waals surface area contributed by atoms with E-state index in [1.807, 2.05) is 7.05 Å². The molecule has 2 nitrogen and oxygen atoms in total. The van der Waals surface area contributed by atoms with Gasteiger partial charge in [-0.1, -0.05) is 25.7 Å². The van der Waals surface area contributed by atoms with E-state index < -0.39 is 0 Å². The summed E-state index contributed by atoms with van der Waals surface area (Å²) < 4.78 is 0. The van der Waals surface area contributed by atoms with Gasteiger partial charge in [-0.2, -0.15) is 0 Å². The van der Waals surface area contributed by atoms with E-state index in [-0.39, 0.29) is 24.8 Å². The quantitative estimate of drug-likeness (QED) is 0.501. The van der Waals surface area contributed by atoms with Crippen molar-refractivity contribution in [2.45, 2.75) is 64.2 Å². The molecule has 1 fully saturated rings. The van der Waals surface area contributed by atoms with Gasteiger partial charge in [-0.25, -0.2) is 0 Å². The summed E-state index contributed by atoms with van der Waals surface area (Å²) in [7, 11) is 2.04. The first kappa shape index (κ1) is 24.2. The lowest BCUT2D eigenvalue weighted by molar-refractivity contribution is 0.374.